The molecule has 0 spiro atoms. The van der Waals surface area contributed by atoms with Crippen LogP contribution in [-0.2, 0) is 20.8 Å². The van der Waals surface area contributed by atoms with E-state index in [1.54, 1.807) is 6.07 Å². The first-order valence-corrected chi connectivity index (χ1v) is 9.88. The Balaban J connectivity index is 2.67. The first-order chi connectivity index (χ1) is 13.3. The van der Waals surface area contributed by atoms with Gasteiger partial charge in [0.2, 0.25) is 11.8 Å². The number of carboxylic acids is 1. The predicted molar refractivity (Wildman–Crippen MR) is 105 cm³/mol. The zero-order valence-corrected chi connectivity index (χ0v) is 16.7. The van der Waals surface area contributed by atoms with E-state index in [1.165, 1.54) is 25.1 Å². The van der Waals surface area contributed by atoms with Gasteiger partial charge in [-0.25, -0.2) is 9.18 Å². The minimum Gasteiger partial charge on any atom is -0.480 e. The lowest BCUT2D eigenvalue weighted by molar-refractivity contribution is -0.142. The van der Waals surface area contributed by atoms with E-state index in [0.717, 1.165) is 32.1 Å². The second-order valence-corrected chi connectivity index (χ2v) is 7.00. The maximum atomic E-state index is 13.9. The number of hydrogen-bond donors (Lipinski definition) is 3. The number of halogens is 1. The molecule has 2 atom stereocenters. The van der Waals surface area contributed by atoms with Crippen LogP contribution in [-0.4, -0.2) is 35.0 Å². The second-order valence-electron chi connectivity index (χ2n) is 7.00. The van der Waals surface area contributed by atoms with Gasteiger partial charge in [-0.2, -0.15) is 0 Å². The molecule has 28 heavy (non-hydrogen) atoms. The summed E-state index contributed by atoms with van der Waals surface area (Å²) in [4.78, 5) is 35.5. The summed E-state index contributed by atoms with van der Waals surface area (Å²) in [5.41, 5.74) is 0.277. The van der Waals surface area contributed by atoms with Gasteiger partial charge in [-0.15, -0.1) is 0 Å². The van der Waals surface area contributed by atoms with Gasteiger partial charge < -0.3 is 15.7 Å². The van der Waals surface area contributed by atoms with E-state index >= 15 is 0 Å². The molecule has 6 nitrogen and oxygen atoms in total. The molecule has 0 aromatic heterocycles. The molecule has 1 aromatic carbocycles. The molecule has 0 aliphatic rings. The Bertz CT molecular complexity index is 651. The lowest BCUT2D eigenvalue weighted by Crippen LogP contribution is -2.52. The Morgan fingerprint density at radius 1 is 1.00 bits per heavy atom. The van der Waals surface area contributed by atoms with Crippen LogP contribution in [0.2, 0.25) is 0 Å². The van der Waals surface area contributed by atoms with Crippen molar-refractivity contribution in [2.45, 2.75) is 77.3 Å². The van der Waals surface area contributed by atoms with Crippen LogP contribution >= 0.6 is 0 Å². The summed E-state index contributed by atoms with van der Waals surface area (Å²) in [6.45, 7) is 3.38. The first-order valence-electron chi connectivity index (χ1n) is 9.88. The molecule has 0 aliphatic heterocycles. The van der Waals surface area contributed by atoms with Crippen LogP contribution in [0.3, 0.4) is 0 Å². The quantitative estimate of drug-likeness (QED) is 0.448. The number of unbranched alkanes of at least 4 members (excludes halogenated alkanes) is 5. The lowest BCUT2D eigenvalue weighted by atomic mass is 10.0. The molecule has 156 valence electrons. The molecule has 1 rings (SSSR count). The molecular weight excluding hydrogens is 363 g/mol. The van der Waals surface area contributed by atoms with Crippen LogP contribution in [0.15, 0.2) is 24.3 Å². The maximum Gasteiger partial charge on any atom is 0.326 e. The molecule has 1 aromatic rings. The van der Waals surface area contributed by atoms with Gasteiger partial charge in [0.15, 0.2) is 0 Å². The van der Waals surface area contributed by atoms with E-state index in [4.69, 9.17) is 0 Å². The van der Waals surface area contributed by atoms with E-state index in [1.807, 2.05) is 0 Å². The van der Waals surface area contributed by atoms with Gasteiger partial charge in [-0.05, 0) is 18.1 Å². The molecule has 0 radical (unpaired) electrons. The number of carbonyl (C=O) groups excluding carboxylic acids is 2. The van der Waals surface area contributed by atoms with Crippen molar-refractivity contribution in [1.82, 2.24) is 10.6 Å². The Kier molecular flexibility index (Phi) is 10.8. The SMILES string of the molecule is CCCCCCCC[C@H](NC(=O)[C@@H](Cc1ccccc1F)NC(C)=O)C(=O)O. The first kappa shape index (κ1) is 23.6. The van der Waals surface area contributed by atoms with Crippen LogP contribution < -0.4 is 10.6 Å². The smallest absolute Gasteiger partial charge is 0.326 e. The number of hydrogen-bond acceptors (Lipinski definition) is 3. The lowest BCUT2D eigenvalue weighted by Gasteiger charge is -2.21. The minimum atomic E-state index is -1.12. The minimum absolute atomic E-state index is 0.0541. The maximum absolute atomic E-state index is 13.9. The molecule has 7 heteroatoms. The molecule has 0 bridgehead atoms. The molecule has 0 aliphatic carbocycles. The molecule has 0 heterocycles. The summed E-state index contributed by atoms with van der Waals surface area (Å²) < 4.78 is 13.9. The van der Waals surface area contributed by atoms with Gasteiger partial charge in [0, 0.05) is 13.3 Å². The Hall–Kier alpha value is -2.44. The summed E-state index contributed by atoms with van der Waals surface area (Å²) in [6, 6.07) is 3.91. The van der Waals surface area contributed by atoms with Gasteiger partial charge in [-0.3, -0.25) is 9.59 Å². The number of rotatable bonds is 13. The fourth-order valence-corrected chi connectivity index (χ4v) is 3.00. The average molecular weight is 394 g/mol. The Morgan fingerprint density at radius 3 is 2.25 bits per heavy atom. The predicted octanol–water partition coefficient (Wildman–Crippen LogP) is 3.19. The second kappa shape index (κ2) is 12.9. The zero-order valence-electron chi connectivity index (χ0n) is 16.7. The molecule has 2 amide bonds. The summed E-state index contributed by atoms with van der Waals surface area (Å²) in [7, 11) is 0. The highest BCUT2D eigenvalue weighted by atomic mass is 19.1. The van der Waals surface area contributed by atoms with Gasteiger partial charge in [0.05, 0.1) is 0 Å². The van der Waals surface area contributed by atoms with Gasteiger partial charge in [0.25, 0.3) is 0 Å². The number of aliphatic carboxylic acids is 1. The van der Waals surface area contributed by atoms with Crippen LogP contribution in [0, 0.1) is 5.82 Å². The van der Waals surface area contributed by atoms with E-state index < -0.39 is 35.7 Å². The van der Waals surface area contributed by atoms with Crippen LogP contribution in [0.5, 0.6) is 0 Å². The zero-order chi connectivity index (χ0) is 20.9. The third-order valence-corrected chi connectivity index (χ3v) is 4.54. The molecule has 0 unspecified atom stereocenters. The highest BCUT2D eigenvalue weighted by molar-refractivity contribution is 5.90. The van der Waals surface area contributed by atoms with Crippen molar-refractivity contribution in [3.05, 3.63) is 35.6 Å². The third-order valence-electron chi connectivity index (χ3n) is 4.54. The van der Waals surface area contributed by atoms with E-state index in [9.17, 15) is 23.9 Å². The molecule has 0 fully saturated rings. The fourth-order valence-electron chi connectivity index (χ4n) is 3.00. The molecule has 3 N–H and O–H groups in total. The molecule has 0 saturated carbocycles. The highest BCUT2D eigenvalue weighted by Gasteiger charge is 2.26. The van der Waals surface area contributed by atoms with Gasteiger partial charge in [-0.1, -0.05) is 63.6 Å². The summed E-state index contributed by atoms with van der Waals surface area (Å²) in [5, 5.41) is 14.4. The van der Waals surface area contributed by atoms with E-state index in [-0.39, 0.29) is 12.0 Å². The van der Waals surface area contributed by atoms with Crippen LogP contribution in [0.25, 0.3) is 0 Å². The topological polar surface area (TPSA) is 95.5 Å². The van der Waals surface area contributed by atoms with Crippen LogP contribution in [0.1, 0.15) is 64.4 Å². The molecule has 0 saturated heterocycles. The highest BCUT2D eigenvalue weighted by Crippen LogP contribution is 2.11. The number of carboxylic acid groups (broad SMARTS) is 1. The van der Waals surface area contributed by atoms with Crippen molar-refractivity contribution in [3.63, 3.8) is 0 Å². The van der Waals surface area contributed by atoms with Crippen molar-refractivity contribution in [2.24, 2.45) is 0 Å². The number of nitrogens with one attached hydrogen (secondary N) is 2. The summed E-state index contributed by atoms with van der Waals surface area (Å²) in [6.07, 6.45) is 6.32. The average Bonchev–Trinajstić information content (AvgIpc) is 2.64. The largest absolute Gasteiger partial charge is 0.480 e. The van der Waals surface area contributed by atoms with Crippen molar-refractivity contribution in [1.29, 1.82) is 0 Å². The normalized spacial score (nSPS) is 12.8. The van der Waals surface area contributed by atoms with Crippen molar-refractivity contribution < 1.29 is 23.9 Å². The van der Waals surface area contributed by atoms with E-state index in [2.05, 4.69) is 17.6 Å². The number of amides is 2. The van der Waals surface area contributed by atoms with Gasteiger partial charge in [0.1, 0.15) is 17.9 Å². The van der Waals surface area contributed by atoms with Crippen LogP contribution in [0.4, 0.5) is 4.39 Å². The van der Waals surface area contributed by atoms with Crippen molar-refractivity contribution in [3.8, 4) is 0 Å². The van der Waals surface area contributed by atoms with E-state index in [0.29, 0.717) is 12.8 Å². The Morgan fingerprint density at radius 2 is 1.64 bits per heavy atom. The van der Waals surface area contributed by atoms with Gasteiger partial charge >= 0.3 is 5.97 Å². The van der Waals surface area contributed by atoms with Crippen molar-refractivity contribution in [2.75, 3.05) is 0 Å². The Labute approximate surface area is 165 Å². The monoisotopic (exact) mass is 394 g/mol. The number of carbonyl (C=O) groups is 3. The number of benzene rings is 1. The summed E-state index contributed by atoms with van der Waals surface area (Å²) in [5.74, 6) is -2.67. The standard InChI is InChI=1S/C21H31FN2O4/c1-3-4-5-6-7-8-13-18(21(27)28)24-20(26)19(23-15(2)25)14-16-11-9-10-12-17(16)22/h9-12,18-19H,3-8,13-14H2,1-2H3,(H,23,25)(H,24,26)(H,27,28)/t18-,19+/m0/s1. The fraction of sp³-hybridized carbons (Fsp3) is 0.571. The van der Waals surface area contributed by atoms with Crippen molar-refractivity contribution >= 4 is 17.8 Å². The molecular formula is C21H31FN2O4. The summed E-state index contributed by atoms with van der Waals surface area (Å²) >= 11 is 0. The third kappa shape index (κ3) is 8.97.